The standard InChI is InChI=1S/C21H22N4O3/c1-4-17-7-5-6-8-19(17)22-21(26)18-11-9-16(10-12-18)13-24-15(3)20(25(27)28)14(2)23-24/h5-12H,4,13H2,1-3H3,(H,22,26). The Morgan fingerprint density at radius 1 is 1.14 bits per heavy atom. The van der Waals surface area contributed by atoms with Crippen molar-refractivity contribution in [2.24, 2.45) is 0 Å². The van der Waals surface area contributed by atoms with Crippen LogP contribution in [0.5, 0.6) is 0 Å². The predicted octanol–water partition coefficient (Wildman–Crippen LogP) is 4.27. The molecule has 3 rings (SSSR count). The number of amides is 1. The SMILES string of the molecule is CCc1ccccc1NC(=O)c1ccc(Cn2nc(C)c([N+](=O)[O-])c2C)cc1. The average Bonchev–Trinajstić information content (AvgIpc) is 2.96. The van der Waals surface area contributed by atoms with Gasteiger partial charge in [-0.15, -0.1) is 0 Å². The fraction of sp³-hybridized carbons (Fsp3) is 0.238. The van der Waals surface area contributed by atoms with Gasteiger partial charge in [-0.3, -0.25) is 19.6 Å². The molecule has 3 aromatic rings. The fourth-order valence-corrected chi connectivity index (χ4v) is 3.19. The third-order valence-electron chi connectivity index (χ3n) is 4.72. The lowest BCUT2D eigenvalue weighted by Gasteiger charge is -2.10. The first-order valence-electron chi connectivity index (χ1n) is 9.07. The van der Waals surface area contributed by atoms with Gasteiger partial charge >= 0.3 is 5.69 Å². The lowest BCUT2D eigenvalue weighted by molar-refractivity contribution is -0.386. The molecule has 0 bridgehead atoms. The summed E-state index contributed by atoms with van der Waals surface area (Å²) >= 11 is 0. The Labute approximate surface area is 163 Å². The van der Waals surface area contributed by atoms with Crippen molar-refractivity contribution in [3.63, 3.8) is 0 Å². The van der Waals surface area contributed by atoms with Crippen molar-refractivity contribution in [3.8, 4) is 0 Å². The van der Waals surface area contributed by atoms with Gasteiger partial charge in [0.2, 0.25) is 0 Å². The van der Waals surface area contributed by atoms with Crippen LogP contribution in [0, 0.1) is 24.0 Å². The molecule has 0 saturated heterocycles. The lowest BCUT2D eigenvalue weighted by atomic mass is 10.1. The molecule has 7 heteroatoms. The molecule has 1 amide bonds. The maximum Gasteiger partial charge on any atom is 0.312 e. The quantitative estimate of drug-likeness (QED) is 0.512. The number of benzene rings is 2. The highest BCUT2D eigenvalue weighted by molar-refractivity contribution is 6.04. The van der Waals surface area contributed by atoms with Crippen molar-refractivity contribution in [1.82, 2.24) is 9.78 Å². The van der Waals surface area contributed by atoms with E-state index in [1.807, 2.05) is 43.3 Å². The number of hydrogen-bond donors (Lipinski definition) is 1. The minimum absolute atomic E-state index is 0.0468. The summed E-state index contributed by atoms with van der Waals surface area (Å²) in [7, 11) is 0. The second-order valence-corrected chi connectivity index (χ2v) is 6.60. The van der Waals surface area contributed by atoms with Gasteiger partial charge in [-0.1, -0.05) is 37.3 Å². The summed E-state index contributed by atoms with van der Waals surface area (Å²) in [6, 6.07) is 14.9. The minimum atomic E-state index is -0.407. The average molecular weight is 378 g/mol. The van der Waals surface area contributed by atoms with Gasteiger partial charge in [-0.2, -0.15) is 5.10 Å². The summed E-state index contributed by atoms with van der Waals surface area (Å²) in [5.41, 5.74) is 4.31. The molecule has 2 aromatic carbocycles. The molecule has 0 aliphatic heterocycles. The Bertz CT molecular complexity index is 1020. The molecule has 0 saturated carbocycles. The lowest BCUT2D eigenvalue weighted by Crippen LogP contribution is -2.13. The molecule has 1 aromatic heterocycles. The summed E-state index contributed by atoms with van der Waals surface area (Å²) in [6.07, 6.45) is 0.837. The molecular formula is C21H22N4O3. The third-order valence-corrected chi connectivity index (χ3v) is 4.72. The number of anilines is 1. The minimum Gasteiger partial charge on any atom is -0.322 e. The highest BCUT2D eigenvalue weighted by Crippen LogP contribution is 2.23. The first kappa shape index (κ1) is 19.3. The number of aryl methyl sites for hydroxylation is 2. The molecular weight excluding hydrogens is 356 g/mol. The Morgan fingerprint density at radius 2 is 1.82 bits per heavy atom. The Morgan fingerprint density at radius 3 is 2.43 bits per heavy atom. The van der Waals surface area contributed by atoms with E-state index in [2.05, 4.69) is 10.4 Å². The number of nitrogens with one attached hydrogen (secondary N) is 1. The normalized spacial score (nSPS) is 10.7. The third kappa shape index (κ3) is 3.93. The second-order valence-electron chi connectivity index (χ2n) is 6.60. The van der Waals surface area contributed by atoms with Crippen molar-refractivity contribution < 1.29 is 9.72 Å². The van der Waals surface area contributed by atoms with Gasteiger partial charge < -0.3 is 5.32 Å². The maximum absolute atomic E-state index is 12.5. The van der Waals surface area contributed by atoms with Gasteiger partial charge in [0.05, 0.1) is 11.5 Å². The van der Waals surface area contributed by atoms with E-state index in [1.165, 1.54) is 0 Å². The van der Waals surface area contributed by atoms with Crippen LogP contribution in [0.25, 0.3) is 0 Å². The zero-order valence-corrected chi connectivity index (χ0v) is 16.1. The molecule has 0 fully saturated rings. The van der Waals surface area contributed by atoms with Crippen molar-refractivity contribution in [2.45, 2.75) is 33.7 Å². The molecule has 1 N–H and O–H groups in total. The maximum atomic E-state index is 12.5. The van der Waals surface area contributed by atoms with E-state index in [-0.39, 0.29) is 11.6 Å². The molecule has 144 valence electrons. The topological polar surface area (TPSA) is 90.1 Å². The molecule has 1 heterocycles. The van der Waals surface area contributed by atoms with E-state index in [1.54, 1.807) is 30.7 Å². The van der Waals surface area contributed by atoms with Crippen molar-refractivity contribution in [2.75, 3.05) is 5.32 Å². The van der Waals surface area contributed by atoms with Crippen LogP contribution < -0.4 is 5.32 Å². The number of carbonyl (C=O) groups is 1. The zero-order chi connectivity index (χ0) is 20.3. The number of rotatable bonds is 6. The molecule has 0 unspecified atom stereocenters. The monoisotopic (exact) mass is 378 g/mol. The van der Waals surface area contributed by atoms with Crippen molar-refractivity contribution >= 4 is 17.3 Å². The van der Waals surface area contributed by atoms with E-state index in [9.17, 15) is 14.9 Å². The molecule has 0 spiro atoms. The predicted molar refractivity (Wildman–Crippen MR) is 108 cm³/mol. The van der Waals surface area contributed by atoms with Gasteiger partial charge in [0.15, 0.2) is 0 Å². The Kier molecular flexibility index (Phi) is 5.54. The Balaban J connectivity index is 1.74. The van der Waals surface area contributed by atoms with E-state index < -0.39 is 4.92 Å². The second kappa shape index (κ2) is 8.04. The smallest absolute Gasteiger partial charge is 0.312 e. The van der Waals surface area contributed by atoms with Gasteiger partial charge in [0, 0.05) is 11.3 Å². The van der Waals surface area contributed by atoms with Crippen molar-refractivity contribution in [1.29, 1.82) is 0 Å². The number of hydrogen-bond acceptors (Lipinski definition) is 4. The van der Waals surface area contributed by atoms with Crippen molar-refractivity contribution in [3.05, 3.63) is 86.7 Å². The van der Waals surface area contributed by atoms with Gasteiger partial charge in [-0.05, 0) is 49.6 Å². The number of para-hydroxylation sites is 1. The number of carbonyl (C=O) groups excluding carboxylic acids is 1. The molecule has 0 aliphatic rings. The number of nitro groups is 1. The van der Waals surface area contributed by atoms with Gasteiger partial charge in [0.25, 0.3) is 5.91 Å². The molecule has 7 nitrogen and oxygen atoms in total. The number of nitrogens with zero attached hydrogens (tertiary/aromatic N) is 3. The molecule has 0 aliphatic carbocycles. The van der Waals surface area contributed by atoms with Gasteiger partial charge in [-0.25, -0.2) is 0 Å². The fourth-order valence-electron chi connectivity index (χ4n) is 3.19. The van der Waals surface area contributed by atoms with Crippen LogP contribution in [-0.4, -0.2) is 20.6 Å². The van der Waals surface area contributed by atoms with Crippen LogP contribution in [0.3, 0.4) is 0 Å². The van der Waals surface area contributed by atoms with Crippen LogP contribution in [0.15, 0.2) is 48.5 Å². The summed E-state index contributed by atoms with van der Waals surface area (Å²) in [5.74, 6) is -0.172. The first-order chi connectivity index (χ1) is 13.4. The summed E-state index contributed by atoms with van der Waals surface area (Å²) in [4.78, 5) is 23.2. The van der Waals surface area contributed by atoms with Crippen LogP contribution >= 0.6 is 0 Å². The number of aromatic nitrogens is 2. The molecule has 0 radical (unpaired) electrons. The summed E-state index contributed by atoms with van der Waals surface area (Å²) in [6.45, 7) is 5.76. The highest BCUT2D eigenvalue weighted by Gasteiger charge is 2.21. The zero-order valence-electron chi connectivity index (χ0n) is 16.1. The molecule has 28 heavy (non-hydrogen) atoms. The first-order valence-corrected chi connectivity index (χ1v) is 9.07. The van der Waals surface area contributed by atoms with E-state index in [0.717, 1.165) is 23.2 Å². The Hall–Kier alpha value is -3.48. The van der Waals surface area contributed by atoms with Crippen LogP contribution in [0.4, 0.5) is 11.4 Å². The summed E-state index contributed by atoms with van der Waals surface area (Å²) < 4.78 is 1.61. The van der Waals surface area contributed by atoms with Crippen LogP contribution in [0.2, 0.25) is 0 Å². The van der Waals surface area contributed by atoms with E-state index in [4.69, 9.17) is 0 Å². The van der Waals surface area contributed by atoms with E-state index >= 15 is 0 Å². The van der Waals surface area contributed by atoms with Crippen LogP contribution in [-0.2, 0) is 13.0 Å². The largest absolute Gasteiger partial charge is 0.322 e. The highest BCUT2D eigenvalue weighted by atomic mass is 16.6. The van der Waals surface area contributed by atoms with Crippen LogP contribution in [0.1, 0.15) is 39.8 Å². The summed E-state index contributed by atoms with van der Waals surface area (Å²) in [5, 5.41) is 18.3. The van der Waals surface area contributed by atoms with Gasteiger partial charge in [0.1, 0.15) is 11.4 Å². The van der Waals surface area contributed by atoms with E-state index in [0.29, 0.717) is 23.5 Å². The molecule has 0 atom stereocenters.